The Morgan fingerprint density at radius 3 is 2.24 bits per heavy atom. The Hall–Kier alpha value is -2.10. The molecule has 1 aromatic rings. The predicted octanol–water partition coefficient (Wildman–Crippen LogP) is 3.19. The van der Waals surface area contributed by atoms with Crippen molar-refractivity contribution in [1.82, 2.24) is 4.90 Å². The zero-order chi connectivity index (χ0) is 15.2. The minimum Gasteiger partial charge on any atom is -0.481 e. The second-order valence-corrected chi connectivity index (χ2v) is 5.42. The number of carbonyl (C=O) groups excluding carboxylic acids is 1. The largest absolute Gasteiger partial charge is 0.481 e. The van der Waals surface area contributed by atoms with E-state index in [0.717, 1.165) is 37.1 Å². The van der Waals surface area contributed by atoms with Crippen LogP contribution in [0.25, 0.3) is 5.57 Å². The van der Waals surface area contributed by atoms with E-state index < -0.39 is 5.97 Å². The fraction of sp³-hybridized carbons (Fsp3) is 0.412. The number of rotatable bonds is 4. The predicted molar refractivity (Wildman–Crippen MR) is 82.1 cm³/mol. The van der Waals surface area contributed by atoms with Crippen LogP contribution in [-0.2, 0) is 4.79 Å². The van der Waals surface area contributed by atoms with Crippen LogP contribution in [0.1, 0.15) is 48.5 Å². The highest BCUT2D eigenvalue weighted by atomic mass is 16.4. The van der Waals surface area contributed by atoms with Gasteiger partial charge < -0.3 is 10.0 Å². The van der Waals surface area contributed by atoms with Gasteiger partial charge in [0.25, 0.3) is 5.91 Å². The lowest BCUT2D eigenvalue weighted by molar-refractivity contribution is -0.135. The Bertz CT molecular complexity index is 540. The monoisotopic (exact) mass is 287 g/mol. The Morgan fingerprint density at radius 2 is 1.67 bits per heavy atom. The molecule has 1 fully saturated rings. The van der Waals surface area contributed by atoms with Crippen molar-refractivity contribution >= 4 is 17.4 Å². The zero-order valence-corrected chi connectivity index (χ0v) is 12.3. The Labute approximate surface area is 125 Å². The average molecular weight is 287 g/mol. The van der Waals surface area contributed by atoms with Crippen molar-refractivity contribution in [3.8, 4) is 0 Å². The van der Waals surface area contributed by atoms with Crippen LogP contribution >= 0.6 is 0 Å². The van der Waals surface area contributed by atoms with E-state index in [4.69, 9.17) is 5.11 Å². The van der Waals surface area contributed by atoms with Gasteiger partial charge in [0.2, 0.25) is 0 Å². The van der Waals surface area contributed by atoms with E-state index in [1.807, 2.05) is 36.1 Å². The molecule has 1 heterocycles. The van der Waals surface area contributed by atoms with Crippen molar-refractivity contribution in [2.75, 3.05) is 13.1 Å². The summed E-state index contributed by atoms with van der Waals surface area (Å²) in [6.07, 6.45) is 5.07. The molecule has 1 aromatic carbocycles. The average Bonchev–Trinajstić information content (AvgIpc) is 2.53. The van der Waals surface area contributed by atoms with Gasteiger partial charge in [-0.1, -0.05) is 18.2 Å². The maximum absolute atomic E-state index is 12.3. The minimum absolute atomic E-state index is 0.0142. The summed E-state index contributed by atoms with van der Waals surface area (Å²) in [7, 11) is 0. The first-order valence-electron chi connectivity index (χ1n) is 7.36. The van der Waals surface area contributed by atoms with Crippen LogP contribution in [-0.4, -0.2) is 35.0 Å². The molecule has 21 heavy (non-hydrogen) atoms. The lowest BCUT2D eigenvalue weighted by Gasteiger charge is -2.26. The lowest BCUT2D eigenvalue weighted by Crippen LogP contribution is -2.35. The number of amides is 1. The lowest BCUT2D eigenvalue weighted by atomic mass is 10.0. The molecule has 1 amide bonds. The fourth-order valence-electron chi connectivity index (χ4n) is 2.51. The molecule has 1 aliphatic rings. The number of hydrogen-bond donors (Lipinski definition) is 1. The summed E-state index contributed by atoms with van der Waals surface area (Å²) in [6.45, 7) is 3.57. The van der Waals surface area contributed by atoms with Gasteiger partial charge in [0.15, 0.2) is 0 Å². The number of benzene rings is 1. The number of carboxylic acids is 1. The third kappa shape index (κ3) is 4.18. The summed E-state index contributed by atoms with van der Waals surface area (Å²) in [5.74, 6) is -0.750. The van der Waals surface area contributed by atoms with Crippen LogP contribution in [0.15, 0.2) is 30.3 Å². The number of piperidine rings is 1. The summed E-state index contributed by atoms with van der Waals surface area (Å²) in [4.78, 5) is 24.8. The topological polar surface area (TPSA) is 57.6 Å². The highest BCUT2D eigenvalue weighted by Crippen LogP contribution is 2.18. The van der Waals surface area contributed by atoms with E-state index in [1.54, 1.807) is 6.08 Å². The first-order valence-corrected chi connectivity index (χ1v) is 7.36. The number of hydrogen-bond acceptors (Lipinski definition) is 2. The second-order valence-electron chi connectivity index (χ2n) is 5.42. The molecular formula is C17H21NO3. The number of nitrogens with zero attached hydrogens (tertiary/aromatic N) is 1. The number of likely N-dealkylation sites (tertiary alicyclic amines) is 1. The molecule has 2 rings (SSSR count). The standard InChI is InChI=1S/C17H21NO3/c1-13(5-10-16(19)20)14-6-8-15(9-7-14)17(21)18-11-3-2-4-12-18/h5-9H,2-4,10-12H2,1H3,(H,19,20)/b13-5+. The van der Waals surface area contributed by atoms with E-state index in [2.05, 4.69) is 0 Å². The first kappa shape index (κ1) is 15.3. The fourth-order valence-corrected chi connectivity index (χ4v) is 2.51. The molecule has 0 bridgehead atoms. The van der Waals surface area contributed by atoms with Crippen molar-refractivity contribution in [3.63, 3.8) is 0 Å². The van der Waals surface area contributed by atoms with Crippen molar-refractivity contribution in [2.24, 2.45) is 0 Å². The number of allylic oxidation sites excluding steroid dienone is 1. The molecule has 0 aromatic heterocycles. The summed E-state index contributed by atoms with van der Waals surface area (Å²) < 4.78 is 0. The third-order valence-corrected chi connectivity index (χ3v) is 3.81. The Morgan fingerprint density at radius 1 is 1.10 bits per heavy atom. The number of carbonyl (C=O) groups is 2. The molecular weight excluding hydrogens is 266 g/mol. The molecule has 1 N–H and O–H groups in total. The minimum atomic E-state index is -0.841. The second kappa shape index (κ2) is 7.07. The zero-order valence-electron chi connectivity index (χ0n) is 12.3. The van der Waals surface area contributed by atoms with Crippen molar-refractivity contribution in [2.45, 2.75) is 32.6 Å². The van der Waals surface area contributed by atoms with Gasteiger partial charge >= 0.3 is 5.97 Å². The van der Waals surface area contributed by atoms with E-state index in [9.17, 15) is 9.59 Å². The Balaban J connectivity index is 2.06. The van der Waals surface area contributed by atoms with Crippen LogP contribution in [0.3, 0.4) is 0 Å². The van der Waals surface area contributed by atoms with Crippen LogP contribution in [0, 0.1) is 0 Å². The van der Waals surface area contributed by atoms with Gasteiger partial charge in [-0.15, -0.1) is 0 Å². The highest BCUT2D eigenvalue weighted by molar-refractivity contribution is 5.94. The van der Waals surface area contributed by atoms with E-state index in [0.29, 0.717) is 5.56 Å². The molecule has 1 saturated heterocycles. The molecule has 0 radical (unpaired) electrons. The van der Waals surface area contributed by atoms with E-state index in [-0.39, 0.29) is 12.3 Å². The summed E-state index contributed by atoms with van der Waals surface area (Å²) in [5.41, 5.74) is 2.56. The van der Waals surface area contributed by atoms with Crippen LogP contribution < -0.4 is 0 Å². The van der Waals surface area contributed by atoms with Gasteiger partial charge in [-0.3, -0.25) is 9.59 Å². The summed E-state index contributed by atoms with van der Waals surface area (Å²) in [6, 6.07) is 7.41. The van der Waals surface area contributed by atoms with Gasteiger partial charge in [-0.05, 0) is 49.5 Å². The molecule has 1 aliphatic heterocycles. The maximum Gasteiger partial charge on any atom is 0.307 e. The highest BCUT2D eigenvalue weighted by Gasteiger charge is 2.17. The molecule has 0 spiro atoms. The SMILES string of the molecule is C/C(=C\CC(=O)O)c1ccc(C(=O)N2CCCCC2)cc1. The Kier molecular flexibility index (Phi) is 5.14. The third-order valence-electron chi connectivity index (χ3n) is 3.81. The summed E-state index contributed by atoms with van der Waals surface area (Å²) in [5, 5.41) is 8.68. The van der Waals surface area contributed by atoms with Gasteiger partial charge in [0.1, 0.15) is 0 Å². The molecule has 0 unspecified atom stereocenters. The van der Waals surface area contributed by atoms with Crippen molar-refractivity contribution in [1.29, 1.82) is 0 Å². The molecule has 4 nitrogen and oxygen atoms in total. The summed E-state index contributed by atoms with van der Waals surface area (Å²) >= 11 is 0. The molecule has 0 aliphatic carbocycles. The number of carboxylic acid groups (broad SMARTS) is 1. The smallest absolute Gasteiger partial charge is 0.307 e. The quantitative estimate of drug-likeness (QED) is 0.925. The van der Waals surface area contributed by atoms with Crippen molar-refractivity contribution in [3.05, 3.63) is 41.5 Å². The van der Waals surface area contributed by atoms with Gasteiger partial charge in [-0.2, -0.15) is 0 Å². The van der Waals surface area contributed by atoms with Gasteiger partial charge in [0.05, 0.1) is 6.42 Å². The number of aliphatic carboxylic acids is 1. The normalized spacial score (nSPS) is 15.9. The molecule has 112 valence electrons. The molecule has 4 heteroatoms. The van der Waals surface area contributed by atoms with Crippen molar-refractivity contribution < 1.29 is 14.7 Å². The molecule has 0 saturated carbocycles. The van der Waals surface area contributed by atoms with Gasteiger partial charge in [0, 0.05) is 18.7 Å². The van der Waals surface area contributed by atoms with Crippen LogP contribution in [0.5, 0.6) is 0 Å². The first-order chi connectivity index (χ1) is 10.1. The van der Waals surface area contributed by atoms with Gasteiger partial charge in [-0.25, -0.2) is 0 Å². The molecule has 0 atom stereocenters. The maximum atomic E-state index is 12.3. The van der Waals surface area contributed by atoms with E-state index >= 15 is 0 Å². The van der Waals surface area contributed by atoms with E-state index in [1.165, 1.54) is 6.42 Å². The van der Waals surface area contributed by atoms with Crippen LogP contribution in [0.4, 0.5) is 0 Å². The van der Waals surface area contributed by atoms with Crippen LogP contribution in [0.2, 0.25) is 0 Å².